The zero-order valence-corrected chi connectivity index (χ0v) is 19.1. The van der Waals surface area contributed by atoms with E-state index < -0.39 is 15.5 Å². The van der Waals surface area contributed by atoms with Crippen LogP contribution < -0.4 is 4.74 Å². The van der Waals surface area contributed by atoms with Crippen molar-refractivity contribution in [3.05, 3.63) is 28.3 Å². The van der Waals surface area contributed by atoms with E-state index in [-0.39, 0.29) is 52.4 Å². The molecule has 0 atom stereocenters. The van der Waals surface area contributed by atoms with Crippen LogP contribution in [0.5, 0.6) is 5.75 Å². The van der Waals surface area contributed by atoms with Crippen molar-refractivity contribution < 1.29 is 23.6 Å². The zero-order valence-electron chi connectivity index (χ0n) is 17.5. The molecule has 2 aliphatic carbocycles. The molecule has 1 saturated heterocycles. The van der Waals surface area contributed by atoms with Gasteiger partial charge in [-0.3, -0.25) is 9.59 Å². The van der Waals surface area contributed by atoms with Crippen LogP contribution in [0.3, 0.4) is 0 Å². The van der Waals surface area contributed by atoms with Crippen molar-refractivity contribution in [1.82, 2.24) is 0 Å². The molecule has 1 aromatic carbocycles. The van der Waals surface area contributed by atoms with Crippen LogP contribution in [0.4, 0.5) is 5.69 Å². The Morgan fingerprint density at radius 3 is 2.29 bits per heavy atom. The van der Waals surface area contributed by atoms with Gasteiger partial charge in [0.25, 0.3) is 0 Å². The summed E-state index contributed by atoms with van der Waals surface area (Å²) in [6.45, 7) is 0. The minimum absolute atomic E-state index is 0.0493. The zero-order chi connectivity index (χ0) is 22.0. The summed E-state index contributed by atoms with van der Waals surface area (Å²) in [6.07, 6.45) is 7.75. The molecular formula is C23H28ClNO5S. The van der Waals surface area contributed by atoms with E-state index in [0.717, 1.165) is 44.9 Å². The van der Waals surface area contributed by atoms with Crippen LogP contribution in [-0.4, -0.2) is 38.5 Å². The van der Waals surface area contributed by atoms with Gasteiger partial charge in [-0.05, 0) is 57.1 Å². The maximum atomic E-state index is 13.3. The number of Topliss-reactive ketones (excluding diaryl/α,β-unsaturated/α-hetero) is 2. The third kappa shape index (κ3) is 4.82. The van der Waals surface area contributed by atoms with Gasteiger partial charge < -0.3 is 9.84 Å². The van der Waals surface area contributed by atoms with Crippen LogP contribution in [0.25, 0.3) is 5.76 Å². The lowest BCUT2D eigenvalue weighted by Gasteiger charge is -2.20. The first-order valence-electron chi connectivity index (χ1n) is 11.1. The molecule has 3 fully saturated rings. The Bertz CT molecular complexity index is 1020. The fraction of sp³-hybridized carbons (Fsp3) is 0.565. The molecule has 1 aliphatic heterocycles. The van der Waals surface area contributed by atoms with Gasteiger partial charge in [-0.1, -0.05) is 18.0 Å². The fourth-order valence-corrected chi connectivity index (χ4v) is 7.05. The van der Waals surface area contributed by atoms with Gasteiger partial charge >= 0.3 is 0 Å². The van der Waals surface area contributed by atoms with E-state index >= 15 is 0 Å². The number of ketones is 2. The molecule has 3 aliphatic rings. The number of carbonyl (C=O) groups is 2. The minimum atomic E-state index is -2.48. The van der Waals surface area contributed by atoms with E-state index in [4.69, 9.17) is 16.3 Å². The largest absolute Gasteiger partial charge is 0.506 e. The first-order chi connectivity index (χ1) is 14.9. The number of allylic oxidation sites excluding steroid dienone is 1. The van der Waals surface area contributed by atoms with Gasteiger partial charge in [0, 0.05) is 29.9 Å². The van der Waals surface area contributed by atoms with Crippen LogP contribution in [0.15, 0.2) is 22.1 Å². The second-order valence-corrected chi connectivity index (χ2v) is 11.5. The molecule has 6 nitrogen and oxygen atoms in total. The molecule has 0 unspecified atom stereocenters. The Hall–Kier alpha value is -1.86. The Morgan fingerprint density at radius 2 is 1.65 bits per heavy atom. The molecule has 0 aromatic heterocycles. The van der Waals surface area contributed by atoms with Gasteiger partial charge in [-0.25, -0.2) is 4.21 Å². The quantitative estimate of drug-likeness (QED) is 0.358. The van der Waals surface area contributed by atoms with Gasteiger partial charge in [0.1, 0.15) is 22.8 Å². The Morgan fingerprint density at radius 1 is 1.00 bits per heavy atom. The molecule has 1 N–H and O–H groups in total. The maximum Gasteiger partial charge on any atom is 0.170 e. The van der Waals surface area contributed by atoms with Crippen molar-refractivity contribution >= 4 is 44.3 Å². The normalized spacial score (nSPS) is 21.9. The second kappa shape index (κ2) is 9.33. The molecule has 1 heterocycles. The predicted molar refractivity (Wildman–Crippen MR) is 122 cm³/mol. The van der Waals surface area contributed by atoms with Gasteiger partial charge in [-0.15, -0.1) is 0 Å². The lowest BCUT2D eigenvalue weighted by Crippen LogP contribution is -2.20. The summed E-state index contributed by atoms with van der Waals surface area (Å²) >= 11 is 6.67. The number of aliphatic hydroxyl groups is 1. The molecule has 168 valence electrons. The molecule has 4 rings (SSSR count). The summed E-state index contributed by atoms with van der Waals surface area (Å²) in [4.78, 5) is 24.6. The highest BCUT2D eigenvalue weighted by Crippen LogP contribution is 2.43. The summed E-state index contributed by atoms with van der Waals surface area (Å²) in [5, 5.41) is 10.9. The van der Waals surface area contributed by atoms with Crippen molar-refractivity contribution in [1.29, 1.82) is 0 Å². The van der Waals surface area contributed by atoms with Gasteiger partial charge in [0.2, 0.25) is 0 Å². The molecule has 0 amide bonds. The Balaban J connectivity index is 1.83. The second-order valence-electron chi connectivity index (χ2n) is 8.55. The van der Waals surface area contributed by atoms with Gasteiger partial charge in [0.15, 0.2) is 11.6 Å². The average molecular weight is 466 g/mol. The highest BCUT2D eigenvalue weighted by Gasteiger charge is 2.30. The molecule has 31 heavy (non-hydrogen) atoms. The number of hydrogen-bond donors (Lipinski definition) is 1. The minimum Gasteiger partial charge on any atom is -0.506 e. The number of aliphatic hydroxyl groups excluding tert-OH is 1. The number of halogens is 1. The smallest absolute Gasteiger partial charge is 0.170 e. The molecular weight excluding hydrogens is 438 g/mol. The van der Waals surface area contributed by atoms with Crippen molar-refractivity contribution in [3.8, 4) is 5.75 Å². The van der Waals surface area contributed by atoms with Crippen LogP contribution in [0.2, 0.25) is 5.02 Å². The molecule has 0 radical (unpaired) electrons. The predicted octanol–water partition coefficient (Wildman–Crippen LogP) is 5.54. The highest BCUT2D eigenvalue weighted by molar-refractivity contribution is 7.93. The Labute approximate surface area is 188 Å². The van der Waals surface area contributed by atoms with E-state index in [1.54, 1.807) is 12.1 Å². The average Bonchev–Trinajstić information content (AvgIpc) is 3.24. The number of hydrogen-bond acceptors (Lipinski definition) is 6. The SMILES string of the molecule is O=C1CCCC(=O)C1=C(O)c1ccc(OC2CCCC2)c(N=S2(=O)CCCCC2)c1Cl. The summed E-state index contributed by atoms with van der Waals surface area (Å²) < 4.78 is 24.1. The maximum absolute atomic E-state index is 13.3. The number of nitrogens with zero attached hydrogens (tertiary/aromatic N) is 1. The first-order valence-corrected chi connectivity index (χ1v) is 13.3. The summed E-state index contributed by atoms with van der Waals surface area (Å²) in [5.74, 6) is 0.247. The standard InChI is InChI=1S/C23H28ClNO5S/c24-21-16(23(28)20-17(26)9-6-10-18(20)27)11-12-19(30-15-7-2-3-8-15)22(21)25-31(29)13-4-1-5-14-31/h11-12,15,28H,1-10,13-14H2. The highest BCUT2D eigenvalue weighted by atomic mass is 35.5. The summed E-state index contributed by atoms with van der Waals surface area (Å²) in [6, 6.07) is 3.20. The van der Waals surface area contributed by atoms with Gasteiger partial charge in [0.05, 0.1) is 20.9 Å². The molecule has 8 heteroatoms. The monoisotopic (exact) mass is 465 g/mol. The summed E-state index contributed by atoms with van der Waals surface area (Å²) in [7, 11) is -2.48. The number of ether oxygens (including phenoxy) is 1. The van der Waals surface area contributed by atoms with Crippen molar-refractivity contribution in [2.75, 3.05) is 11.5 Å². The van der Waals surface area contributed by atoms with Crippen molar-refractivity contribution in [2.45, 2.75) is 70.3 Å². The summed E-state index contributed by atoms with van der Waals surface area (Å²) in [5.41, 5.74) is 0.197. The van der Waals surface area contributed by atoms with E-state index in [0.29, 0.717) is 23.7 Å². The Kier molecular flexibility index (Phi) is 6.72. The lowest BCUT2D eigenvalue weighted by atomic mass is 9.89. The van der Waals surface area contributed by atoms with E-state index in [9.17, 15) is 18.9 Å². The number of rotatable bonds is 4. The van der Waals surface area contributed by atoms with Crippen molar-refractivity contribution in [3.63, 3.8) is 0 Å². The molecule has 2 saturated carbocycles. The van der Waals surface area contributed by atoms with E-state index in [2.05, 4.69) is 4.36 Å². The fourth-order valence-electron chi connectivity index (χ4n) is 4.50. The number of carbonyl (C=O) groups excluding carboxylic acids is 2. The number of benzene rings is 1. The lowest BCUT2D eigenvalue weighted by molar-refractivity contribution is -0.123. The van der Waals surface area contributed by atoms with E-state index in [1.165, 1.54) is 0 Å². The molecule has 1 aromatic rings. The topological polar surface area (TPSA) is 93.0 Å². The van der Waals surface area contributed by atoms with E-state index in [1.807, 2.05) is 0 Å². The molecule has 0 bridgehead atoms. The third-order valence-electron chi connectivity index (χ3n) is 6.22. The van der Waals surface area contributed by atoms with Crippen molar-refractivity contribution in [2.24, 2.45) is 4.36 Å². The molecule has 0 spiro atoms. The van der Waals surface area contributed by atoms with Crippen LogP contribution in [-0.2, 0) is 19.3 Å². The first kappa shape index (κ1) is 22.3. The van der Waals surface area contributed by atoms with Crippen LogP contribution >= 0.6 is 11.6 Å². The van der Waals surface area contributed by atoms with Crippen LogP contribution in [0, 0.1) is 0 Å². The third-order valence-corrected chi connectivity index (χ3v) is 8.97. The van der Waals surface area contributed by atoms with Crippen LogP contribution in [0.1, 0.15) is 69.8 Å². The van der Waals surface area contributed by atoms with Gasteiger partial charge in [-0.2, -0.15) is 4.36 Å².